The fourth-order valence-electron chi connectivity index (χ4n) is 2.69. The standard InChI is InChI=1S/C17H19N3O3S/c1-11-10-24-15(19-11)8-18-17(22)12-7-16(21)20(9-12)13-3-5-14(23-2)6-4-13/h3-6,10,12H,7-9H2,1-2H3,(H,18,22)/t12-/m0/s1. The smallest absolute Gasteiger partial charge is 0.227 e. The number of hydrogen-bond acceptors (Lipinski definition) is 5. The van der Waals surface area contributed by atoms with Gasteiger partial charge in [0.15, 0.2) is 0 Å². The number of carbonyl (C=O) groups excluding carboxylic acids is 2. The second-order valence-electron chi connectivity index (χ2n) is 5.70. The fourth-order valence-corrected chi connectivity index (χ4v) is 3.40. The first-order valence-corrected chi connectivity index (χ1v) is 8.58. The number of thiazole rings is 1. The zero-order valence-corrected chi connectivity index (χ0v) is 14.4. The highest BCUT2D eigenvalue weighted by Gasteiger charge is 2.35. The van der Waals surface area contributed by atoms with Gasteiger partial charge in [-0.05, 0) is 31.2 Å². The molecule has 0 unspecified atom stereocenters. The predicted octanol–water partition coefficient (Wildman–Crippen LogP) is 2.13. The Morgan fingerprint density at radius 2 is 2.17 bits per heavy atom. The molecule has 1 N–H and O–H groups in total. The summed E-state index contributed by atoms with van der Waals surface area (Å²) in [5.41, 5.74) is 1.73. The Morgan fingerprint density at radius 3 is 2.79 bits per heavy atom. The van der Waals surface area contributed by atoms with E-state index in [0.29, 0.717) is 13.1 Å². The van der Waals surface area contributed by atoms with Crippen LogP contribution in [0.1, 0.15) is 17.1 Å². The van der Waals surface area contributed by atoms with E-state index in [4.69, 9.17) is 4.74 Å². The highest BCUT2D eigenvalue weighted by molar-refractivity contribution is 7.09. The number of nitrogens with zero attached hydrogens (tertiary/aromatic N) is 2. The van der Waals surface area contributed by atoms with Crippen LogP contribution in [0, 0.1) is 12.8 Å². The van der Waals surface area contributed by atoms with Crippen LogP contribution in [0.3, 0.4) is 0 Å². The van der Waals surface area contributed by atoms with E-state index in [0.717, 1.165) is 22.1 Å². The molecule has 0 saturated carbocycles. The number of nitrogens with one attached hydrogen (secondary N) is 1. The highest BCUT2D eigenvalue weighted by Crippen LogP contribution is 2.27. The second-order valence-corrected chi connectivity index (χ2v) is 6.65. The zero-order valence-electron chi connectivity index (χ0n) is 13.6. The summed E-state index contributed by atoms with van der Waals surface area (Å²) >= 11 is 1.52. The summed E-state index contributed by atoms with van der Waals surface area (Å²) in [6, 6.07) is 7.27. The third-order valence-corrected chi connectivity index (χ3v) is 4.93. The van der Waals surface area contributed by atoms with Gasteiger partial charge in [-0.15, -0.1) is 11.3 Å². The first-order valence-electron chi connectivity index (χ1n) is 7.70. The van der Waals surface area contributed by atoms with Crippen molar-refractivity contribution < 1.29 is 14.3 Å². The number of methoxy groups -OCH3 is 1. The van der Waals surface area contributed by atoms with Crippen molar-refractivity contribution in [3.05, 3.63) is 40.3 Å². The van der Waals surface area contributed by atoms with Crippen LogP contribution in [0.4, 0.5) is 5.69 Å². The van der Waals surface area contributed by atoms with Gasteiger partial charge in [-0.3, -0.25) is 9.59 Å². The number of aromatic nitrogens is 1. The summed E-state index contributed by atoms with van der Waals surface area (Å²) < 4.78 is 5.12. The van der Waals surface area contributed by atoms with E-state index in [1.807, 2.05) is 24.4 Å². The number of rotatable bonds is 5. The summed E-state index contributed by atoms with van der Waals surface area (Å²) in [6.45, 7) is 2.72. The van der Waals surface area contributed by atoms with Crippen molar-refractivity contribution in [3.63, 3.8) is 0 Å². The molecule has 0 aliphatic carbocycles. The molecule has 1 aromatic heterocycles. The Bertz CT molecular complexity index is 742. The zero-order chi connectivity index (χ0) is 17.1. The van der Waals surface area contributed by atoms with Crippen LogP contribution in [0.15, 0.2) is 29.6 Å². The van der Waals surface area contributed by atoms with Crippen LogP contribution in [-0.2, 0) is 16.1 Å². The number of hydrogen-bond donors (Lipinski definition) is 1. The molecule has 2 heterocycles. The number of carbonyl (C=O) groups is 2. The van der Waals surface area contributed by atoms with Crippen LogP contribution < -0.4 is 15.0 Å². The van der Waals surface area contributed by atoms with Crippen LogP contribution >= 0.6 is 11.3 Å². The lowest BCUT2D eigenvalue weighted by atomic mass is 10.1. The molecule has 7 heteroatoms. The van der Waals surface area contributed by atoms with Gasteiger partial charge in [0, 0.05) is 29.7 Å². The first kappa shape index (κ1) is 16.4. The van der Waals surface area contributed by atoms with Crippen molar-refractivity contribution in [1.29, 1.82) is 0 Å². The van der Waals surface area contributed by atoms with Gasteiger partial charge in [0.1, 0.15) is 10.8 Å². The second kappa shape index (κ2) is 7.00. The summed E-state index contributed by atoms with van der Waals surface area (Å²) in [6.07, 6.45) is 0.231. The van der Waals surface area contributed by atoms with E-state index >= 15 is 0 Å². The van der Waals surface area contributed by atoms with Crippen molar-refractivity contribution in [2.75, 3.05) is 18.6 Å². The molecule has 1 aliphatic heterocycles. The molecule has 2 amide bonds. The van der Waals surface area contributed by atoms with Gasteiger partial charge in [0.2, 0.25) is 11.8 Å². The molecule has 6 nitrogen and oxygen atoms in total. The third-order valence-electron chi connectivity index (χ3n) is 3.96. The monoisotopic (exact) mass is 345 g/mol. The number of anilines is 1. The molecule has 126 valence electrons. The Kier molecular flexibility index (Phi) is 4.80. The van der Waals surface area contributed by atoms with Crippen molar-refractivity contribution in [2.45, 2.75) is 19.9 Å². The summed E-state index contributed by atoms with van der Waals surface area (Å²) in [4.78, 5) is 30.5. The van der Waals surface area contributed by atoms with Gasteiger partial charge in [-0.2, -0.15) is 0 Å². The van der Waals surface area contributed by atoms with Crippen LogP contribution in [0.5, 0.6) is 5.75 Å². The lowest BCUT2D eigenvalue weighted by Gasteiger charge is -2.17. The minimum Gasteiger partial charge on any atom is -0.497 e. The van der Waals surface area contributed by atoms with Crippen molar-refractivity contribution in [1.82, 2.24) is 10.3 Å². The molecule has 1 atom stereocenters. The molecule has 0 radical (unpaired) electrons. The van der Waals surface area contributed by atoms with Gasteiger partial charge >= 0.3 is 0 Å². The molecule has 3 rings (SSSR count). The van der Waals surface area contributed by atoms with Gasteiger partial charge in [0.05, 0.1) is 19.6 Å². The molecule has 1 aromatic carbocycles. The van der Waals surface area contributed by atoms with E-state index in [9.17, 15) is 9.59 Å². The maximum Gasteiger partial charge on any atom is 0.227 e. The topological polar surface area (TPSA) is 71.5 Å². The minimum absolute atomic E-state index is 0.0367. The largest absolute Gasteiger partial charge is 0.497 e. The lowest BCUT2D eigenvalue weighted by Crippen LogP contribution is -2.32. The molecule has 2 aromatic rings. The summed E-state index contributed by atoms with van der Waals surface area (Å²) in [7, 11) is 1.60. The molecule has 1 fully saturated rings. The van der Waals surface area contributed by atoms with E-state index in [2.05, 4.69) is 10.3 Å². The van der Waals surface area contributed by atoms with Crippen molar-refractivity contribution in [2.24, 2.45) is 5.92 Å². The molecule has 24 heavy (non-hydrogen) atoms. The number of amides is 2. The van der Waals surface area contributed by atoms with E-state index in [-0.39, 0.29) is 24.2 Å². The first-order chi connectivity index (χ1) is 11.6. The minimum atomic E-state index is -0.333. The summed E-state index contributed by atoms with van der Waals surface area (Å²) in [5, 5.41) is 5.70. The number of benzene rings is 1. The van der Waals surface area contributed by atoms with Gasteiger partial charge in [-0.25, -0.2) is 4.98 Å². The number of ether oxygens (including phenoxy) is 1. The van der Waals surface area contributed by atoms with E-state index in [1.54, 1.807) is 24.1 Å². The maximum atomic E-state index is 12.3. The van der Waals surface area contributed by atoms with E-state index < -0.39 is 0 Å². The predicted molar refractivity (Wildman–Crippen MR) is 92.2 cm³/mol. The molecule has 1 saturated heterocycles. The summed E-state index contributed by atoms with van der Waals surface area (Å²) in [5.74, 6) is 0.261. The van der Waals surface area contributed by atoms with Crippen molar-refractivity contribution in [3.8, 4) is 5.75 Å². The van der Waals surface area contributed by atoms with Gasteiger partial charge in [0.25, 0.3) is 0 Å². The normalized spacial score (nSPS) is 17.2. The molecular weight excluding hydrogens is 326 g/mol. The fraction of sp³-hybridized carbons (Fsp3) is 0.353. The number of aryl methyl sites for hydroxylation is 1. The Hall–Kier alpha value is -2.41. The SMILES string of the molecule is COc1ccc(N2C[C@@H](C(=O)NCc3nc(C)cs3)CC2=O)cc1. The molecule has 0 spiro atoms. The maximum absolute atomic E-state index is 12.3. The van der Waals surface area contributed by atoms with Gasteiger partial charge < -0.3 is 15.0 Å². The van der Waals surface area contributed by atoms with Crippen molar-refractivity contribution >= 4 is 28.8 Å². The Morgan fingerprint density at radius 1 is 1.42 bits per heavy atom. The van der Waals surface area contributed by atoms with Gasteiger partial charge in [-0.1, -0.05) is 0 Å². The molecule has 1 aliphatic rings. The van der Waals surface area contributed by atoms with Crippen LogP contribution in [0.2, 0.25) is 0 Å². The van der Waals surface area contributed by atoms with Crippen LogP contribution in [-0.4, -0.2) is 30.5 Å². The van der Waals surface area contributed by atoms with Crippen LogP contribution in [0.25, 0.3) is 0 Å². The average molecular weight is 345 g/mol. The third kappa shape index (κ3) is 3.56. The molecule has 0 bridgehead atoms. The molecular formula is C17H19N3O3S. The average Bonchev–Trinajstić information content (AvgIpc) is 3.18. The highest BCUT2D eigenvalue weighted by atomic mass is 32.1. The quantitative estimate of drug-likeness (QED) is 0.901. The van der Waals surface area contributed by atoms with E-state index in [1.165, 1.54) is 11.3 Å². The Labute approximate surface area is 144 Å². The lowest BCUT2D eigenvalue weighted by molar-refractivity contribution is -0.126. The Balaban J connectivity index is 1.59.